The third-order valence-corrected chi connectivity index (χ3v) is 5.51. The molecule has 0 aromatic heterocycles. The van der Waals surface area contributed by atoms with Crippen molar-refractivity contribution in [3.8, 4) is 22.6 Å². The first-order valence-electron chi connectivity index (χ1n) is 11.3. The number of nitrogens with zero attached hydrogens (tertiary/aromatic N) is 1. The van der Waals surface area contributed by atoms with Crippen LogP contribution in [0.2, 0.25) is 0 Å². The second-order valence-corrected chi connectivity index (χ2v) is 8.08. The number of carbonyl (C=O) groups excluding carboxylic acids is 5. The molecule has 0 saturated heterocycles. The Morgan fingerprint density at radius 3 is 1.79 bits per heavy atom. The highest BCUT2D eigenvalue weighted by Crippen LogP contribution is 2.27. The van der Waals surface area contributed by atoms with Gasteiger partial charge in [-0.15, -0.1) is 0 Å². The Bertz CT molecular complexity index is 1430. The average molecular weight is 511 g/mol. The van der Waals surface area contributed by atoms with Crippen molar-refractivity contribution in [2.24, 2.45) is 0 Å². The van der Waals surface area contributed by atoms with E-state index in [0.29, 0.717) is 11.4 Å². The van der Waals surface area contributed by atoms with Crippen molar-refractivity contribution in [1.29, 1.82) is 0 Å². The Labute approximate surface area is 217 Å². The van der Waals surface area contributed by atoms with Crippen LogP contribution in [0.25, 0.3) is 11.1 Å². The lowest BCUT2D eigenvalue weighted by molar-refractivity contribution is -0.141. The number of carbonyl (C=O) groups is 5. The zero-order valence-electron chi connectivity index (χ0n) is 20.2. The molecule has 3 aromatic rings. The summed E-state index contributed by atoms with van der Waals surface area (Å²) in [5.41, 5.74) is 2.34. The van der Waals surface area contributed by atoms with Gasteiger partial charge in [-0.05, 0) is 59.7 Å². The zero-order valence-corrected chi connectivity index (χ0v) is 20.2. The minimum Gasteiger partial charge on any atom is -0.469 e. The van der Waals surface area contributed by atoms with Crippen LogP contribution in [0.5, 0.6) is 11.5 Å². The van der Waals surface area contributed by atoms with Crippen LogP contribution in [0.1, 0.15) is 16.8 Å². The number of ether oxygens (including phenoxy) is 3. The van der Waals surface area contributed by atoms with E-state index in [1.54, 1.807) is 48.5 Å². The number of hydrogen-bond acceptors (Lipinski definition) is 8. The predicted octanol–water partition coefficient (Wildman–Crippen LogP) is 4.03. The van der Waals surface area contributed by atoms with Gasteiger partial charge in [0.15, 0.2) is 0 Å². The summed E-state index contributed by atoms with van der Waals surface area (Å²) in [6.07, 6.45) is 2.17. The van der Waals surface area contributed by atoms with Gasteiger partial charge in [-0.25, -0.2) is 14.5 Å². The van der Waals surface area contributed by atoms with Crippen LogP contribution in [0.3, 0.4) is 0 Å². The van der Waals surface area contributed by atoms with Crippen molar-refractivity contribution in [2.75, 3.05) is 12.0 Å². The SMILES string of the molecule is C=C(CC(=O)OC)C(=O)Oc1ccc(C(=O)Oc2ccc(-c3ccc(N4C(=O)C=CC4=O)cc3)cc2)cc1. The van der Waals surface area contributed by atoms with Crippen LogP contribution < -0.4 is 14.4 Å². The van der Waals surface area contributed by atoms with Crippen molar-refractivity contribution in [3.05, 3.63) is 103 Å². The molecular weight excluding hydrogens is 490 g/mol. The van der Waals surface area contributed by atoms with Gasteiger partial charge in [-0.1, -0.05) is 30.8 Å². The number of hydrogen-bond donors (Lipinski definition) is 0. The van der Waals surface area contributed by atoms with Gasteiger partial charge in [0.1, 0.15) is 11.5 Å². The van der Waals surface area contributed by atoms with E-state index in [-0.39, 0.29) is 35.1 Å². The summed E-state index contributed by atoms with van der Waals surface area (Å²) >= 11 is 0. The molecule has 0 bridgehead atoms. The van der Waals surface area contributed by atoms with E-state index in [4.69, 9.17) is 9.47 Å². The fourth-order valence-electron chi connectivity index (χ4n) is 3.50. The Balaban J connectivity index is 1.34. The third-order valence-electron chi connectivity index (χ3n) is 5.51. The van der Waals surface area contributed by atoms with E-state index < -0.39 is 17.9 Å². The predicted molar refractivity (Wildman–Crippen MR) is 136 cm³/mol. The number of rotatable bonds is 8. The van der Waals surface area contributed by atoms with E-state index >= 15 is 0 Å². The largest absolute Gasteiger partial charge is 0.469 e. The maximum absolute atomic E-state index is 12.5. The van der Waals surface area contributed by atoms with Crippen molar-refractivity contribution in [1.82, 2.24) is 0 Å². The minimum absolute atomic E-state index is 0.0613. The van der Waals surface area contributed by atoms with E-state index in [1.165, 1.54) is 43.5 Å². The van der Waals surface area contributed by atoms with Crippen LogP contribution >= 0.6 is 0 Å². The highest BCUT2D eigenvalue weighted by atomic mass is 16.5. The summed E-state index contributed by atoms with van der Waals surface area (Å²) in [4.78, 5) is 60.5. The Morgan fingerprint density at radius 2 is 1.24 bits per heavy atom. The first-order valence-corrected chi connectivity index (χ1v) is 11.3. The standard InChI is InChI=1S/C29H21NO8/c1-18(17-27(33)36-2)28(34)37-23-13-7-21(8-14-23)29(35)38-24-11-5-20(6-12-24)19-3-9-22(10-4-19)30-25(31)15-16-26(30)32/h3-16H,1,17H2,2H3. The molecule has 9 heteroatoms. The average Bonchev–Trinajstić information content (AvgIpc) is 3.26. The molecule has 0 N–H and O–H groups in total. The van der Waals surface area contributed by atoms with E-state index in [0.717, 1.165) is 16.0 Å². The molecule has 9 nitrogen and oxygen atoms in total. The summed E-state index contributed by atoms with van der Waals surface area (Å²) in [7, 11) is 1.20. The first-order chi connectivity index (χ1) is 18.2. The van der Waals surface area contributed by atoms with Gasteiger partial charge >= 0.3 is 17.9 Å². The molecule has 0 spiro atoms. The van der Waals surface area contributed by atoms with E-state index in [2.05, 4.69) is 11.3 Å². The van der Waals surface area contributed by atoms with Gasteiger partial charge < -0.3 is 14.2 Å². The van der Waals surface area contributed by atoms with Gasteiger partial charge in [0, 0.05) is 17.7 Å². The summed E-state index contributed by atoms with van der Waals surface area (Å²) in [5.74, 6) is -2.27. The topological polar surface area (TPSA) is 116 Å². The fraction of sp³-hybridized carbons (Fsp3) is 0.0690. The van der Waals surface area contributed by atoms with Crippen LogP contribution in [0.4, 0.5) is 5.69 Å². The van der Waals surface area contributed by atoms with Crippen molar-refractivity contribution in [2.45, 2.75) is 6.42 Å². The molecule has 0 unspecified atom stereocenters. The maximum atomic E-state index is 12.5. The quantitative estimate of drug-likeness (QED) is 0.193. The Kier molecular flexibility index (Phi) is 7.58. The maximum Gasteiger partial charge on any atom is 0.343 e. The second-order valence-electron chi connectivity index (χ2n) is 8.08. The molecule has 3 aromatic carbocycles. The first kappa shape index (κ1) is 25.8. The van der Waals surface area contributed by atoms with E-state index in [1.807, 2.05) is 0 Å². The molecule has 1 heterocycles. The zero-order chi connectivity index (χ0) is 27.2. The molecule has 0 aliphatic carbocycles. The highest BCUT2D eigenvalue weighted by Gasteiger charge is 2.24. The highest BCUT2D eigenvalue weighted by molar-refractivity contribution is 6.28. The number of methoxy groups -OCH3 is 1. The molecule has 0 saturated carbocycles. The Morgan fingerprint density at radius 1 is 0.737 bits per heavy atom. The lowest BCUT2D eigenvalue weighted by Crippen LogP contribution is -2.29. The molecule has 0 atom stereocenters. The summed E-state index contributed by atoms with van der Waals surface area (Å²) < 4.78 is 15.0. The van der Waals surface area contributed by atoms with E-state index in [9.17, 15) is 24.0 Å². The summed E-state index contributed by atoms with van der Waals surface area (Å²) in [5, 5.41) is 0. The van der Waals surface area contributed by atoms with Crippen molar-refractivity contribution >= 4 is 35.4 Å². The minimum atomic E-state index is -0.782. The number of esters is 3. The van der Waals surface area contributed by atoms with Crippen molar-refractivity contribution < 1.29 is 38.2 Å². The van der Waals surface area contributed by atoms with Crippen LogP contribution in [0.15, 0.2) is 97.1 Å². The van der Waals surface area contributed by atoms with Gasteiger partial charge in [0.05, 0.1) is 24.8 Å². The Hall–Kier alpha value is -5.31. The molecule has 1 aliphatic rings. The molecule has 0 fully saturated rings. The van der Waals surface area contributed by atoms with Gasteiger partial charge in [0.25, 0.3) is 11.8 Å². The van der Waals surface area contributed by atoms with Crippen LogP contribution in [-0.4, -0.2) is 36.8 Å². The molecule has 190 valence electrons. The van der Waals surface area contributed by atoms with Crippen molar-refractivity contribution in [3.63, 3.8) is 0 Å². The van der Waals surface area contributed by atoms with Gasteiger partial charge in [-0.2, -0.15) is 0 Å². The third kappa shape index (κ3) is 5.90. The van der Waals surface area contributed by atoms with Crippen LogP contribution in [-0.2, 0) is 23.9 Å². The fourth-order valence-corrected chi connectivity index (χ4v) is 3.50. The number of imide groups is 1. The van der Waals surface area contributed by atoms with Crippen LogP contribution in [0, 0.1) is 0 Å². The number of anilines is 1. The lowest BCUT2D eigenvalue weighted by atomic mass is 10.1. The normalized spacial score (nSPS) is 12.3. The monoisotopic (exact) mass is 511 g/mol. The molecule has 1 aliphatic heterocycles. The lowest BCUT2D eigenvalue weighted by Gasteiger charge is -2.14. The number of benzene rings is 3. The molecular formula is C29H21NO8. The number of amides is 2. The molecule has 0 radical (unpaired) electrons. The molecule has 4 rings (SSSR count). The van der Waals surface area contributed by atoms with Gasteiger partial charge in [0.2, 0.25) is 0 Å². The smallest absolute Gasteiger partial charge is 0.343 e. The summed E-state index contributed by atoms with van der Waals surface area (Å²) in [6.45, 7) is 3.50. The molecule has 38 heavy (non-hydrogen) atoms. The molecule has 2 amide bonds. The second kappa shape index (κ2) is 11.2. The summed E-state index contributed by atoms with van der Waals surface area (Å²) in [6, 6.07) is 19.5. The van der Waals surface area contributed by atoms with Gasteiger partial charge in [-0.3, -0.25) is 14.4 Å².